The largest absolute Gasteiger partial charge is 0.493 e. The average molecular weight is 706 g/mol. The van der Waals surface area contributed by atoms with Crippen molar-refractivity contribution in [2.24, 2.45) is 21.4 Å². The normalized spacial score (nSPS) is 21.0. The molecular formula is C40H39N3O9. The van der Waals surface area contributed by atoms with Gasteiger partial charge in [0.15, 0.2) is 52.8 Å². The Labute approximate surface area is 301 Å². The van der Waals surface area contributed by atoms with E-state index < -0.39 is 0 Å². The average Bonchev–Trinajstić information content (AvgIpc) is 4.01. The van der Waals surface area contributed by atoms with Gasteiger partial charge in [0.1, 0.15) is 13.2 Å². The second-order valence-corrected chi connectivity index (χ2v) is 12.9. The quantitative estimate of drug-likeness (QED) is 0.153. The molecule has 4 aliphatic rings. The van der Waals surface area contributed by atoms with Crippen molar-refractivity contribution in [1.82, 2.24) is 0 Å². The molecular weight excluding hydrogens is 666 g/mol. The van der Waals surface area contributed by atoms with Crippen molar-refractivity contribution in [2.75, 3.05) is 41.7 Å². The van der Waals surface area contributed by atoms with Gasteiger partial charge in [-0.15, -0.1) is 0 Å². The topological polar surface area (TPSA) is 120 Å². The van der Waals surface area contributed by atoms with Gasteiger partial charge in [-0.25, -0.2) is 0 Å². The van der Waals surface area contributed by atoms with Crippen molar-refractivity contribution in [3.05, 3.63) is 107 Å². The molecule has 4 aromatic carbocycles. The zero-order valence-electron chi connectivity index (χ0n) is 29.4. The van der Waals surface area contributed by atoms with Crippen molar-refractivity contribution in [3.8, 4) is 34.5 Å². The Morgan fingerprint density at radius 1 is 0.538 bits per heavy atom. The molecule has 268 valence electrons. The lowest BCUT2D eigenvalue weighted by atomic mass is 9.93. The summed E-state index contributed by atoms with van der Waals surface area (Å²) >= 11 is 0. The fourth-order valence-electron chi connectivity index (χ4n) is 7.05. The van der Waals surface area contributed by atoms with Gasteiger partial charge in [0.05, 0.1) is 51.5 Å². The van der Waals surface area contributed by atoms with Gasteiger partial charge in [-0.05, 0) is 72.1 Å². The van der Waals surface area contributed by atoms with E-state index in [1.54, 1.807) is 28.4 Å². The highest BCUT2D eigenvalue weighted by atomic mass is 16.7. The van der Waals surface area contributed by atoms with Crippen LogP contribution in [0.1, 0.15) is 46.8 Å². The lowest BCUT2D eigenvalue weighted by molar-refractivity contribution is 0.0463. The van der Waals surface area contributed by atoms with E-state index in [1.165, 1.54) is 11.1 Å². The van der Waals surface area contributed by atoms with Crippen LogP contribution in [0, 0.1) is 5.92 Å². The van der Waals surface area contributed by atoms with E-state index in [-0.39, 0.29) is 24.2 Å². The van der Waals surface area contributed by atoms with Crippen molar-refractivity contribution in [2.45, 2.75) is 37.6 Å². The molecule has 0 spiro atoms. The summed E-state index contributed by atoms with van der Waals surface area (Å²) in [5, 5.41) is 13.1. The Morgan fingerprint density at radius 3 is 1.65 bits per heavy atom. The summed E-state index contributed by atoms with van der Waals surface area (Å²) in [6.45, 7) is 0.584. The second-order valence-electron chi connectivity index (χ2n) is 12.9. The molecule has 8 rings (SSSR count). The van der Waals surface area contributed by atoms with E-state index in [0.717, 1.165) is 40.2 Å². The van der Waals surface area contributed by atoms with Crippen LogP contribution in [0.4, 0.5) is 0 Å². The van der Waals surface area contributed by atoms with Gasteiger partial charge < -0.3 is 42.9 Å². The SMILES string of the molecule is COc1ccc(C2=NOC(COc3ccc(C4=NOC(COc5ccc(C6=NOC7c8ccccc8CC67)cc5OC)C4)cc3OC)C2)cc1OC. The first kappa shape index (κ1) is 33.2. The standard InChI is InChI=1S/C40H39N3O9/c1-44-33-12-9-24(16-36(33)45-2)31-19-27(50-41-31)21-48-34-13-10-25(17-37(34)46-3)32-20-28(51-42-32)22-49-35-14-11-26(18-38(35)47-4)39-30-15-23-7-5-6-8-29(23)40(30)52-43-39/h5-14,16-18,27-28,30,40H,15,19-22H2,1-4H3. The molecule has 0 aromatic heterocycles. The number of oxime groups is 3. The van der Waals surface area contributed by atoms with E-state index in [0.29, 0.717) is 60.6 Å². The maximum absolute atomic E-state index is 6.18. The number of hydrogen-bond donors (Lipinski definition) is 0. The first-order valence-electron chi connectivity index (χ1n) is 17.2. The lowest BCUT2D eigenvalue weighted by Crippen LogP contribution is -2.19. The predicted molar refractivity (Wildman–Crippen MR) is 193 cm³/mol. The highest BCUT2D eigenvalue weighted by Gasteiger charge is 2.42. The molecule has 0 radical (unpaired) electrons. The van der Waals surface area contributed by atoms with Gasteiger partial charge in [0.2, 0.25) is 0 Å². The maximum Gasteiger partial charge on any atom is 0.167 e. The number of hydrogen-bond acceptors (Lipinski definition) is 12. The van der Waals surface area contributed by atoms with E-state index >= 15 is 0 Å². The third kappa shape index (κ3) is 6.40. The molecule has 0 bridgehead atoms. The van der Waals surface area contributed by atoms with E-state index in [4.69, 9.17) is 42.9 Å². The first-order chi connectivity index (χ1) is 25.5. The van der Waals surface area contributed by atoms with Crippen LogP contribution < -0.4 is 28.4 Å². The number of benzene rings is 4. The number of rotatable bonds is 13. The van der Waals surface area contributed by atoms with Crippen LogP contribution in [-0.4, -0.2) is 71.0 Å². The summed E-state index contributed by atoms with van der Waals surface area (Å²) in [5.74, 6) is 3.86. The Bertz CT molecular complexity index is 2060. The summed E-state index contributed by atoms with van der Waals surface area (Å²) in [5.41, 5.74) is 7.79. The molecule has 0 fully saturated rings. The Hall–Kier alpha value is -5.91. The number of fused-ring (bicyclic) bond motifs is 3. The number of methoxy groups -OCH3 is 4. The summed E-state index contributed by atoms with van der Waals surface area (Å²) in [7, 11) is 6.45. The zero-order chi connectivity index (χ0) is 35.6. The van der Waals surface area contributed by atoms with Crippen LogP contribution in [-0.2, 0) is 20.9 Å². The van der Waals surface area contributed by atoms with Crippen LogP contribution in [0.2, 0.25) is 0 Å². The molecule has 4 aromatic rings. The van der Waals surface area contributed by atoms with Gasteiger partial charge in [0.25, 0.3) is 0 Å². The summed E-state index contributed by atoms with van der Waals surface area (Å²) in [6.07, 6.45) is 1.48. The summed E-state index contributed by atoms with van der Waals surface area (Å²) in [4.78, 5) is 17.3. The molecule has 3 heterocycles. The van der Waals surface area contributed by atoms with Gasteiger partial charge in [-0.3, -0.25) is 0 Å². The van der Waals surface area contributed by atoms with Gasteiger partial charge in [-0.1, -0.05) is 39.7 Å². The Kier molecular flexibility index (Phi) is 9.19. The van der Waals surface area contributed by atoms with E-state index in [1.807, 2.05) is 60.7 Å². The highest BCUT2D eigenvalue weighted by molar-refractivity contribution is 6.04. The summed E-state index contributed by atoms with van der Waals surface area (Å²) in [6, 6.07) is 25.6. The van der Waals surface area contributed by atoms with Gasteiger partial charge in [-0.2, -0.15) is 0 Å². The predicted octanol–water partition coefficient (Wildman–Crippen LogP) is 6.51. The number of nitrogens with zero attached hydrogens (tertiary/aromatic N) is 3. The molecule has 1 aliphatic carbocycles. The van der Waals surface area contributed by atoms with Crippen LogP contribution in [0.15, 0.2) is 94.3 Å². The molecule has 0 saturated carbocycles. The minimum absolute atomic E-state index is 0.0437. The molecule has 12 heteroatoms. The molecule has 12 nitrogen and oxygen atoms in total. The van der Waals surface area contributed by atoms with Gasteiger partial charge in [0, 0.05) is 29.5 Å². The third-order valence-corrected chi connectivity index (χ3v) is 9.77. The highest BCUT2D eigenvalue weighted by Crippen LogP contribution is 2.45. The first-order valence-corrected chi connectivity index (χ1v) is 17.2. The smallest absolute Gasteiger partial charge is 0.167 e. The molecule has 52 heavy (non-hydrogen) atoms. The molecule has 0 amide bonds. The van der Waals surface area contributed by atoms with Crippen molar-refractivity contribution >= 4 is 17.1 Å². The molecule has 4 atom stereocenters. The van der Waals surface area contributed by atoms with E-state index in [9.17, 15) is 0 Å². The van der Waals surface area contributed by atoms with Crippen LogP contribution in [0.3, 0.4) is 0 Å². The Balaban J connectivity index is 0.840. The lowest BCUT2D eigenvalue weighted by Gasteiger charge is -2.15. The minimum Gasteiger partial charge on any atom is -0.493 e. The molecule has 3 aliphatic heterocycles. The fraction of sp³-hybridized carbons (Fsp3) is 0.325. The van der Waals surface area contributed by atoms with Gasteiger partial charge >= 0.3 is 0 Å². The van der Waals surface area contributed by atoms with Crippen molar-refractivity contribution < 1.29 is 42.9 Å². The van der Waals surface area contributed by atoms with Crippen LogP contribution >= 0.6 is 0 Å². The van der Waals surface area contributed by atoms with Crippen LogP contribution in [0.5, 0.6) is 34.5 Å². The monoisotopic (exact) mass is 705 g/mol. The number of ether oxygens (including phenoxy) is 6. The molecule has 0 N–H and O–H groups in total. The third-order valence-electron chi connectivity index (χ3n) is 9.77. The zero-order valence-corrected chi connectivity index (χ0v) is 29.4. The maximum atomic E-state index is 6.18. The van der Waals surface area contributed by atoms with Crippen molar-refractivity contribution in [3.63, 3.8) is 0 Å². The second kappa shape index (κ2) is 14.4. The minimum atomic E-state index is -0.272. The summed E-state index contributed by atoms with van der Waals surface area (Å²) < 4.78 is 34.5. The van der Waals surface area contributed by atoms with E-state index in [2.05, 4.69) is 33.7 Å². The molecule has 4 unspecified atom stereocenters. The van der Waals surface area contributed by atoms with Crippen molar-refractivity contribution in [1.29, 1.82) is 0 Å². The molecule has 0 saturated heterocycles. The van der Waals surface area contributed by atoms with Crippen LogP contribution in [0.25, 0.3) is 0 Å². The Morgan fingerprint density at radius 2 is 1.06 bits per heavy atom. The fourth-order valence-corrected chi connectivity index (χ4v) is 7.05.